The van der Waals surface area contributed by atoms with Crippen molar-refractivity contribution in [2.45, 2.75) is 0 Å². The first-order valence-corrected chi connectivity index (χ1v) is 11.9. The van der Waals surface area contributed by atoms with Crippen molar-refractivity contribution < 1.29 is 4.79 Å². The van der Waals surface area contributed by atoms with E-state index in [1.165, 1.54) is 0 Å². The molecule has 8 heteroatoms. The molecular formula is C22H22Cl3N3OS. The number of nitrogens with zero attached hydrogens (tertiary/aromatic N) is 3. The first-order valence-electron chi connectivity index (χ1n) is 9.78. The lowest BCUT2D eigenvalue weighted by atomic mass is 10.1. The van der Waals surface area contributed by atoms with Crippen molar-refractivity contribution in [1.29, 1.82) is 0 Å². The maximum Gasteiger partial charge on any atom is 0.264 e. The van der Waals surface area contributed by atoms with E-state index in [1.54, 1.807) is 22.7 Å². The summed E-state index contributed by atoms with van der Waals surface area (Å²) >= 11 is 20.7. The van der Waals surface area contributed by atoms with Crippen molar-refractivity contribution in [3.8, 4) is 0 Å². The van der Waals surface area contributed by atoms with Crippen molar-refractivity contribution in [3.63, 3.8) is 0 Å². The third kappa shape index (κ3) is 4.46. The van der Waals surface area contributed by atoms with Crippen molar-refractivity contribution in [2.24, 2.45) is 0 Å². The largest absolute Gasteiger partial charge is 0.368 e. The van der Waals surface area contributed by atoms with Crippen molar-refractivity contribution in [2.75, 3.05) is 55.3 Å². The minimum atomic E-state index is -0.0836. The van der Waals surface area contributed by atoms with E-state index in [4.69, 9.17) is 34.8 Å². The van der Waals surface area contributed by atoms with Crippen LogP contribution in [0.5, 0.6) is 0 Å². The molecule has 2 aliphatic rings. The monoisotopic (exact) mass is 481 g/mol. The van der Waals surface area contributed by atoms with E-state index in [0.29, 0.717) is 32.2 Å². The van der Waals surface area contributed by atoms with Gasteiger partial charge in [-0.2, -0.15) is 0 Å². The van der Waals surface area contributed by atoms with Gasteiger partial charge in [0.2, 0.25) is 0 Å². The molecule has 2 aromatic rings. The molecule has 4 rings (SSSR count). The zero-order valence-electron chi connectivity index (χ0n) is 16.6. The number of piperazine rings is 1. The number of amides is 1. The Labute approximate surface area is 196 Å². The molecule has 0 aliphatic carbocycles. The Morgan fingerprint density at radius 1 is 0.900 bits per heavy atom. The number of hydrogen-bond acceptors (Lipinski definition) is 4. The van der Waals surface area contributed by atoms with Gasteiger partial charge in [-0.15, -0.1) is 11.8 Å². The summed E-state index contributed by atoms with van der Waals surface area (Å²) in [5, 5.41) is 1.48. The van der Waals surface area contributed by atoms with E-state index in [0.717, 1.165) is 43.2 Å². The second-order valence-electron chi connectivity index (χ2n) is 7.35. The molecule has 2 fully saturated rings. The van der Waals surface area contributed by atoms with Crippen LogP contribution in [-0.4, -0.2) is 56.3 Å². The number of carbonyl (C=O) groups is 1. The second-order valence-corrected chi connectivity index (χ2v) is 9.68. The smallest absolute Gasteiger partial charge is 0.264 e. The van der Waals surface area contributed by atoms with E-state index in [2.05, 4.69) is 22.9 Å². The molecule has 0 spiro atoms. The number of rotatable bonds is 3. The highest BCUT2D eigenvalue weighted by atomic mass is 35.5. The molecule has 0 saturated carbocycles. The molecule has 4 nitrogen and oxygen atoms in total. The second kappa shape index (κ2) is 9.41. The summed E-state index contributed by atoms with van der Waals surface area (Å²) in [6, 6.07) is 11.3. The van der Waals surface area contributed by atoms with Crippen molar-refractivity contribution >= 4 is 69.9 Å². The fraction of sp³-hybridized carbons (Fsp3) is 0.318. The molecule has 2 heterocycles. The molecule has 0 N–H and O–H groups in total. The molecule has 0 radical (unpaired) electrons. The van der Waals surface area contributed by atoms with E-state index in [9.17, 15) is 4.79 Å². The predicted octanol–water partition coefficient (Wildman–Crippen LogP) is 5.52. The summed E-state index contributed by atoms with van der Waals surface area (Å²) in [7, 11) is 2.13. The normalized spacial score (nSPS) is 19.6. The minimum absolute atomic E-state index is 0.0836. The van der Waals surface area contributed by atoms with Gasteiger partial charge >= 0.3 is 0 Å². The van der Waals surface area contributed by atoms with Crippen molar-refractivity contribution in [3.05, 3.63) is 61.9 Å². The third-order valence-electron chi connectivity index (χ3n) is 5.40. The molecule has 1 amide bonds. The lowest BCUT2D eigenvalue weighted by Gasteiger charge is -2.35. The zero-order valence-corrected chi connectivity index (χ0v) is 19.7. The van der Waals surface area contributed by atoms with Gasteiger partial charge in [-0.3, -0.25) is 4.79 Å². The predicted molar refractivity (Wildman–Crippen MR) is 130 cm³/mol. The Kier molecular flexibility index (Phi) is 6.85. The van der Waals surface area contributed by atoms with Crippen LogP contribution < -0.4 is 9.80 Å². The molecule has 158 valence electrons. The summed E-state index contributed by atoms with van der Waals surface area (Å²) in [5.41, 5.74) is 2.59. The Hall–Kier alpha value is -1.37. The first kappa shape index (κ1) is 21.8. The lowest BCUT2D eigenvalue weighted by Crippen LogP contribution is -2.44. The number of benzene rings is 2. The van der Waals surface area contributed by atoms with Crippen LogP contribution in [0.15, 0.2) is 41.3 Å². The summed E-state index contributed by atoms with van der Waals surface area (Å²) in [6.45, 7) is 4.43. The number of anilines is 2. The van der Waals surface area contributed by atoms with Crippen LogP contribution in [0, 0.1) is 0 Å². The maximum atomic E-state index is 13.3. The van der Waals surface area contributed by atoms with Gasteiger partial charge in [-0.25, -0.2) is 0 Å². The van der Waals surface area contributed by atoms with Gasteiger partial charge in [0.1, 0.15) is 0 Å². The van der Waals surface area contributed by atoms with E-state index < -0.39 is 0 Å². The highest BCUT2D eigenvalue weighted by Gasteiger charge is 2.28. The lowest BCUT2D eigenvalue weighted by molar-refractivity contribution is -0.114. The zero-order chi connectivity index (χ0) is 21.3. The number of halogens is 3. The molecule has 0 unspecified atom stereocenters. The number of carbonyl (C=O) groups excluding carboxylic acids is 1. The standard InChI is InChI=1S/C22H22Cl3N3OS/c1-26-8-10-27(11-9-26)18-6-2-4-16(23)15(18)14-20-22(29)28(12-13-30-20)19-7-3-5-17(24)21(19)25/h2-7,14H,8-13H2,1H3. The highest BCUT2D eigenvalue weighted by molar-refractivity contribution is 8.04. The van der Waals surface area contributed by atoms with Crippen LogP contribution in [0.25, 0.3) is 6.08 Å². The molecule has 0 atom stereocenters. The average Bonchev–Trinajstić information content (AvgIpc) is 2.74. The van der Waals surface area contributed by atoms with E-state index in [-0.39, 0.29) is 5.91 Å². The first-order chi connectivity index (χ1) is 14.5. The molecule has 2 aromatic carbocycles. The Morgan fingerprint density at radius 2 is 1.57 bits per heavy atom. The molecule has 0 bridgehead atoms. The number of hydrogen-bond donors (Lipinski definition) is 0. The summed E-state index contributed by atoms with van der Waals surface area (Å²) in [5.74, 6) is 0.689. The minimum Gasteiger partial charge on any atom is -0.368 e. The Morgan fingerprint density at radius 3 is 2.30 bits per heavy atom. The van der Waals surface area contributed by atoms with Crippen LogP contribution >= 0.6 is 46.6 Å². The third-order valence-corrected chi connectivity index (χ3v) is 7.53. The van der Waals surface area contributed by atoms with Gasteiger partial charge < -0.3 is 14.7 Å². The maximum absolute atomic E-state index is 13.3. The van der Waals surface area contributed by atoms with Crippen LogP contribution in [0.2, 0.25) is 15.1 Å². The molecule has 30 heavy (non-hydrogen) atoms. The Balaban J connectivity index is 1.68. The van der Waals surface area contributed by atoms with Gasteiger partial charge in [-0.1, -0.05) is 46.9 Å². The van der Waals surface area contributed by atoms with Crippen molar-refractivity contribution in [1.82, 2.24) is 4.90 Å². The summed E-state index contributed by atoms with van der Waals surface area (Å²) < 4.78 is 0. The van der Waals surface area contributed by atoms with Gasteiger partial charge in [0.15, 0.2) is 0 Å². The van der Waals surface area contributed by atoms with Gasteiger partial charge in [0, 0.05) is 54.8 Å². The summed E-state index contributed by atoms with van der Waals surface area (Å²) in [4.78, 5) is 20.3. The fourth-order valence-electron chi connectivity index (χ4n) is 3.70. The Bertz CT molecular complexity index is 990. The molecule has 0 aromatic heterocycles. The van der Waals surface area contributed by atoms with E-state index >= 15 is 0 Å². The quantitative estimate of drug-likeness (QED) is 0.538. The van der Waals surface area contributed by atoms with Gasteiger partial charge in [0.25, 0.3) is 5.91 Å². The van der Waals surface area contributed by atoms with Crippen LogP contribution in [0.3, 0.4) is 0 Å². The fourth-order valence-corrected chi connectivity index (χ4v) is 5.25. The number of thioether (sulfide) groups is 1. The topological polar surface area (TPSA) is 26.8 Å². The van der Waals surface area contributed by atoms with Gasteiger partial charge in [-0.05, 0) is 37.4 Å². The average molecular weight is 483 g/mol. The van der Waals surface area contributed by atoms with E-state index in [1.807, 2.05) is 30.3 Å². The summed E-state index contributed by atoms with van der Waals surface area (Å²) in [6.07, 6.45) is 1.92. The number of likely N-dealkylation sites (N-methyl/N-ethyl adjacent to an activating group) is 1. The molecule has 2 aliphatic heterocycles. The van der Waals surface area contributed by atoms with Crippen LogP contribution in [-0.2, 0) is 4.79 Å². The van der Waals surface area contributed by atoms with Crippen LogP contribution in [0.1, 0.15) is 5.56 Å². The molecule has 2 saturated heterocycles. The molecular weight excluding hydrogens is 461 g/mol. The SMILES string of the molecule is CN1CCN(c2cccc(Cl)c2C=C2SCCN(c3cccc(Cl)c3Cl)C2=O)CC1. The highest BCUT2D eigenvalue weighted by Crippen LogP contribution is 2.38. The van der Waals surface area contributed by atoms with Crippen LogP contribution in [0.4, 0.5) is 11.4 Å². The van der Waals surface area contributed by atoms with Gasteiger partial charge in [0.05, 0.1) is 20.6 Å².